The Balaban J connectivity index is 1.48. The van der Waals surface area contributed by atoms with Crippen LogP contribution in [0.1, 0.15) is 44.9 Å². The molecule has 2 aliphatic heterocycles. The van der Waals surface area contributed by atoms with Gasteiger partial charge in [0.15, 0.2) is 0 Å². The Morgan fingerprint density at radius 3 is 2.16 bits per heavy atom. The van der Waals surface area contributed by atoms with Crippen molar-refractivity contribution in [3.05, 3.63) is 71.3 Å². The lowest BCUT2D eigenvalue weighted by Gasteiger charge is -2.30. The molecule has 1 fully saturated rings. The van der Waals surface area contributed by atoms with Crippen molar-refractivity contribution in [1.29, 1.82) is 0 Å². The molecule has 4 rings (SSSR count). The first-order valence-corrected chi connectivity index (χ1v) is 11.6. The zero-order valence-corrected chi connectivity index (χ0v) is 18.6. The van der Waals surface area contributed by atoms with Gasteiger partial charge in [0.25, 0.3) is 17.7 Å². The first kappa shape index (κ1) is 22.1. The van der Waals surface area contributed by atoms with Gasteiger partial charge in [-0.2, -0.15) is 11.8 Å². The van der Waals surface area contributed by atoms with Crippen LogP contribution in [0, 0.1) is 5.92 Å². The Bertz CT molecular complexity index is 1020. The Hall–Kier alpha value is -3.13. The lowest BCUT2D eigenvalue weighted by molar-refractivity contribution is -0.155. The van der Waals surface area contributed by atoms with E-state index in [0.717, 1.165) is 4.90 Å². The van der Waals surface area contributed by atoms with Gasteiger partial charge in [-0.3, -0.25) is 19.3 Å². The number of hydrogen-bond acceptors (Lipinski definition) is 6. The normalized spacial score (nSPS) is 20.9. The Labute approximate surface area is 190 Å². The molecule has 0 aliphatic carbocycles. The van der Waals surface area contributed by atoms with Crippen molar-refractivity contribution < 1.29 is 23.9 Å². The first-order valence-electron chi connectivity index (χ1n) is 10.5. The second-order valence-electron chi connectivity index (χ2n) is 8.17. The van der Waals surface area contributed by atoms with Gasteiger partial charge in [0.2, 0.25) is 0 Å². The van der Waals surface area contributed by atoms with Gasteiger partial charge in [0, 0.05) is 17.1 Å². The number of imide groups is 1. The van der Waals surface area contributed by atoms with Crippen LogP contribution in [0.15, 0.2) is 54.6 Å². The fraction of sp³-hybridized carbons (Fsp3) is 0.333. The molecule has 2 aromatic carbocycles. The number of carbonyl (C=O) groups excluding carboxylic acids is 4. The molecule has 0 unspecified atom stereocenters. The van der Waals surface area contributed by atoms with Crippen LogP contribution in [0.5, 0.6) is 0 Å². The number of benzene rings is 2. The second kappa shape index (κ2) is 9.16. The smallest absolute Gasteiger partial charge is 0.330 e. The number of nitrogens with one attached hydrogen (secondary N) is 1. The van der Waals surface area contributed by atoms with E-state index in [4.69, 9.17) is 4.74 Å². The second-order valence-corrected chi connectivity index (χ2v) is 9.25. The molecule has 0 spiro atoms. The van der Waals surface area contributed by atoms with Gasteiger partial charge in [-0.25, -0.2) is 4.79 Å². The quantitative estimate of drug-likeness (QED) is 0.535. The lowest BCUT2D eigenvalue weighted by Crippen LogP contribution is -2.51. The molecule has 2 aliphatic rings. The average Bonchev–Trinajstić information content (AvgIpc) is 3.32. The number of fused-ring (bicyclic) bond motifs is 1. The number of nitrogens with zero attached hydrogens (tertiary/aromatic N) is 1. The van der Waals surface area contributed by atoms with Crippen LogP contribution in [-0.2, 0) is 9.53 Å². The van der Waals surface area contributed by atoms with E-state index >= 15 is 0 Å². The third kappa shape index (κ3) is 4.14. The van der Waals surface area contributed by atoms with Gasteiger partial charge in [-0.1, -0.05) is 44.2 Å². The van der Waals surface area contributed by atoms with Crippen molar-refractivity contribution in [2.75, 3.05) is 11.5 Å². The highest BCUT2D eigenvalue weighted by atomic mass is 32.2. The highest BCUT2D eigenvalue weighted by molar-refractivity contribution is 7.99. The summed E-state index contributed by atoms with van der Waals surface area (Å²) in [7, 11) is 0. The van der Waals surface area contributed by atoms with Crippen LogP contribution in [-0.4, -0.2) is 58.3 Å². The summed E-state index contributed by atoms with van der Waals surface area (Å²) in [4.78, 5) is 52.5. The molecule has 2 heterocycles. The van der Waals surface area contributed by atoms with Crippen molar-refractivity contribution in [1.82, 2.24) is 10.2 Å². The van der Waals surface area contributed by atoms with Gasteiger partial charge in [-0.15, -0.1) is 0 Å². The summed E-state index contributed by atoms with van der Waals surface area (Å²) >= 11 is 1.57. The summed E-state index contributed by atoms with van der Waals surface area (Å²) in [6.07, 6.45) is -0.545. The van der Waals surface area contributed by atoms with Crippen molar-refractivity contribution in [2.45, 2.75) is 32.0 Å². The summed E-state index contributed by atoms with van der Waals surface area (Å²) in [6, 6.07) is 14.0. The Morgan fingerprint density at radius 2 is 1.56 bits per heavy atom. The topological polar surface area (TPSA) is 92.8 Å². The highest BCUT2D eigenvalue weighted by Gasteiger charge is 2.46. The molecular weight excluding hydrogens is 428 g/mol. The van der Waals surface area contributed by atoms with E-state index in [1.807, 2.05) is 6.07 Å². The predicted molar refractivity (Wildman–Crippen MR) is 120 cm³/mol. The van der Waals surface area contributed by atoms with E-state index in [0.29, 0.717) is 28.2 Å². The van der Waals surface area contributed by atoms with E-state index in [1.54, 1.807) is 74.1 Å². The monoisotopic (exact) mass is 452 g/mol. The number of hydrogen-bond donors (Lipinski definition) is 1. The number of esters is 1. The minimum atomic E-state index is -1.04. The molecule has 3 atom stereocenters. The summed E-state index contributed by atoms with van der Waals surface area (Å²) in [5.41, 5.74) is 1.11. The predicted octanol–water partition coefficient (Wildman–Crippen LogP) is 2.76. The molecule has 0 radical (unpaired) electrons. The number of rotatable bonds is 6. The molecule has 32 heavy (non-hydrogen) atoms. The molecular formula is C24H24N2O5S. The fourth-order valence-electron chi connectivity index (χ4n) is 3.98. The Morgan fingerprint density at radius 1 is 0.969 bits per heavy atom. The van der Waals surface area contributed by atoms with Crippen molar-refractivity contribution in [3.63, 3.8) is 0 Å². The largest absolute Gasteiger partial charge is 0.458 e. The summed E-state index contributed by atoms with van der Waals surface area (Å²) in [5, 5.41) is 2.94. The van der Waals surface area contributed by atoms with Gasteiger partial charge in [0.05, 0.1) is 17.2 Å². The molecule has 2 aromatic rings. The van der Waals surface area contributed by atoms with Crippen molar-refractivity contribution in [2.24, 2.45) is 5.92 Å². The van der Waals surface area contributed by atoms with E-state index in [1.165, 1.54) is 0 Å². The standard InChI is InChI=1S/C24H24N2O5S/c1-14(2)20(26-22(28)16-10-6-7-11-17(16)23(26)29)24(30)31-19-13-32-12-18(19)25-21(27)15-8-4-3-5-9-15/h3-11,14,18-20H,12-13H2,1-2H3,(H,25,27)/t18-,19+,20-/m1/s1. The number of thioether (sulfide) groups is 1. The van der Waals surface area contributed by atoms with E-state index < -0.39 is 29.9 Å². The van der Waals surface area contributed by atoms with Crippen LogP contribution in [0.3, 0.4) is 0 Å². The molecule has 8 heteroatoms. The van der Waals surface area contributed by atoms with Crippen LogP contribution in [0.25, 0.3) is 0 Å². The van der Waals surface area contributed by atoms with Crippen molar-refractivity contribution >= 4 is 35.5 Å². The maximum absolute atomic E-state index is 13.2. The van der Waals surface area contributed by atoms with E-state index in [9.17, 15) is 19.2 Å². The van der Waals surface area contributed by atoms with Gasteiger partial charge in [-0.05, 0) is 30.2 Å². The molecule has 1 N–H and O–H groups in total. The summed E-state index contributed by atoms with van der Waals surface area (Å²) in [5.74, 6) is -1.06. The zero-order chi connectivity index (χ0) is 22.8. The van der Waals surface area contributed by atoms with Gasteiger partial charge in [0.1, 0.15) is 12.1 Å². The molecule has 3 amide bonds. The van der Waals surface area contributed by atoms with Crippen LogP contribution in [0.2, 0.25) is 0 Å². The molecule has 7 nitrogen and oxygen atoms in total. The van der Waals surface area contributed by atoms with Crippen molar-refractivity contribution in [3.8, 4) is 0 Å². The number of ether oxygens (including phenoxy) is 1. The number of amides is 3. The molecule has 0 bridgehead atoms. The SMILES string of the molecule is CC(C)[C@H](C(=O)O[C@H]1CSC[C@H]1NC(=O)c1ccccc1)N1C(=O)c2ccccc2C1=O. The highest BCUT2D eigenvalue weighted by Crippen LogP contribution is 2.29. The number of carbonyl (C=O) groups is 4. The Kier molecular flexibility index (Phi) is 6.32. The minimum absolute atomic E-state index is 0.236. The summed E-state index contributed by atoms with van der Waals surface area (Å²) in [6.45, 7) is 3.54. The molecule has 0 saturated carbocycles. The third-order valence-electron chi connectivity index (χ3n) is 5.62. The fourth-order valence-corrected chi connectivity index (χ4v) is 5.20. The van der Waals surface area contributed by atoms with Gasteiger partial charge < -0.3 is 10.1 Å². The maximum Gasteiger partial charge on any atom is 0.330 e. The average molecular weight is 453 g/mol. The molecule has 1 saturated heterocycles. The zero-order valence-electron chi connectivity index (χ0n) is 17.8. The first-order chi connectivity index (χ1) is 15.4. The minimum Gasteiger partial charge on any atom is -0.458 e. The molecule has 0 aromatic heterocycles. The van der Waals surface area contributed by atoms with Crippen LogP contribution < -0.4 is 5.32 Å². The maximum atomic E-state index is 13.2. The van der Waals surface area contributed by atoms with E-state index in [2.05, 4.69) is 5.32 Å². The van der Waals surface area contributed by atoms with E-state index in [-0.39, 0.29) is 17.9 Å². The van der Waals surface area contributed by atoms with Crippen LogP contribution in [0.4, 0.5) is 0 Å². The van der Waals surface area contributed by atoms with Crippen LogP contribution >= 0.6 is 11.8 Å². The van der Waals surface area contributed by atoms with Gasteiger partial charge >= 0.3 is 5.97 Å². The molecule has 166 valence electrons. The summed E-state index contributed by atoms with van der Waals surface area (Å²) < 4.78 is 5.77. The third-order valence-corrected chi connectivity index (χ3v) is 6.78. The lowest BCUT2D eigenvalue weighted by atomic mass is 10.0.